The maximum atomic E-state index is 12.5. The van der Waals surface area contributed by atoms with E-state index in [0.29, 0.717) is 21.7 Å². The molecule has 0 spiro atoms. The van der Waals surface area contributed by atoms with Gasteiger partial charge >= 0.3 is 0 Å². The van der Waals surface area contributed by atoms with E-state index in [-0.39, 0.29) is 4.90 Å². The Kier molecular flexibility index (Phi) is 5.38. The SMILES string of the molecule is O=S(=O)(Nc1cc(Cl)cc(Cl)c1)c1ccc(C2CCCCC2)cc1. The molecule has 1 aliphatic rings. The molecule has 0 unspecified atom stereocenters. The first kappa shape index (κ1) is 17.6. The monoisotopic (exact) mass is 383 g/mol. The minimum absolute atomic E-state index is 0.234. The summed E-state index contributed by atoms with van der Waals surface area (Å²) >= 11 is 11.8. The van der Waals surface area contributed by atoms with Crippen molar-refractivity contribution in [2.24, 2.45) is 0 Å². The van der Waals surface area contributed by atoms with Crippen LogP contribution in [-0.4, -0.2) is 8.42 Å². The summed E-state index contributed by atoms with van der Waals surface area (Å²) in [5, 5.41) is 0.765. The van der Waals surface area contributed by atoms with Crippen LogP contribution in [0.15, 0.2) is 47.4 Å². The van der Waals surface area contributed by atoms with E-state index in [1.54, 1.807) is 18.2 Å². The van der Waals surface area contributed by atoms with Crippen LogP contribution < -0.4 is 4.72 Å². The number of sulfonamides is 1. The molecule has 0 amide bonds. The second-order valence-corrected chi connectivity index (χ2v) is 8.72. The summed E-state index contributed by atoms with van der Waals surface area (Å²) in [6.07, 6.45) is 6.18. The average Bonchev–Trinajstić information content (AvgIpc) is 2.54. The standard InChI is InChI=1S/C18H19Cl2NO2S/c19-15-10-16(20)12-17(11-15)21-24(22,23)18-8-6-14(7-9-18)13-4-2-1-3-5-13/h6-13,21H,1-5H2. The third-order valence-corrected chi connectivity index (χ3v) is 6.22. The zero-order valence-corrected chi connectivity index (χ0v) is 15.5. The number of nitrogens with one attached hydrogen (secondary N) is 1. The van der Waals surface area contributed by atoms with Crippen molar-refractivity contribution in [3.63, 3.8) is 0 Å². The first-order valence-electron chi connectivity index (χ1n) is 8.03. The second kappa shape index (κ2) is 7.34. The molecule has 128 valence electrons. The number of rotatable bonds is 4. The van der Waals surface area contributed by atoms with E-state index in [4.69, 9.17) is 23.2 Å². The third kappa shape index (κ3) is 4.24. The number of hydrogen-bond donors (Lipinski definition) is 1. The quantitative estimate of drug-likeness (QED) is 0.720. The highest BCUT2D eigenvalue weighted by Gasteiger charge is 2.18. The molecule has 1 fully saturated rings. The van der Waals surface area contributed by atoms with Crippen LogP contribution >= 0.6 is 23.2 Å². The number of halogens is 2. The van der Waals surface area contributed by atoms with Gasteiger partial charge in [0.15, 0.2) is 0 Å². The fourth-order valence-corrected chi connectivity index (χ4v) is 4.75. The zero-order valence-electron chi connectivity index (χ0n) is 13.1. The Labute approximate surface area is 153 Å². The molecule has 1 saturated carbocycles. The Bertz CT molecular complexity index is 793. The number of hydrogen-bond acceptors (Lipinski definition) is 2. The zero-order chi connectivity index (χ0) is 17.2. The smallest absolute Gasteiger partial charge is 0.261 e. The van der Waals surface area contributed by atoms with E-state index in [2.05, 4.69) is 4.72 Å². The molecule has 3 nitrogen and oxygen atoms in total. The summed E-state index contributed by atoms with van der Waals surface area (Å²) in [7, 11) is -3.66. The molecular formula is C18H19Cl2NO2S. The Hall–Kier alpha value is -1.23. The molecular weight excluding hydrogens is 365 g/mol. The van der Waals surface area contributed by atoms with Crippen LogP contribution in [0.1, 0.15) is 43.6 Å². The van der Waals surface area contributed by atoms with Gasteiger partial charge in [-0.3, -0.25) is 4.72 Å². The van der Waals surface area contributed by atoms with E-state index in [1.165, 1.54) is 49.8 Å². The molecule has 0 heterocycles. The van der Waals surface area contributed by atoms with Crippen molar-refractivity contribution in [1.29, 1.82) is 0 Å². The maximum absolute atomic E-state index is 12.5. The van der Waals surface area contributed by atoms with Crippen molar-refractivity contribution in [3.05, 3.63) is 58.1 Å². The topological polar surface area (TPSA) is 46.2 Å². The molecule has 1 aliphatic carbocycles. The first-order chi connectivity index (χ1) is 11.4. The van der Waals surface area contributed by atoms with Crippen LogP contribution in [0, 0.1) is 0 Å². The van der Waals surface area contributed by atoms with Gasteiger partial charge in [-0.15, -0.1) is 0 Å². The van der Waals surface area contributed by atoms with Crippen LogP contribution in [0.2, 0.25) is 10.0 Å². The van der Waals surface area contributed by atoms with Crippen LogP contribution in [0.5, 0.6) is 0 Å². The molecule has 3 rings (SSSR count). The molecule has 6 heteroatoms. The lowest BCUT2D eigenvalue weighted by Gasteiger charge is -2.22. The van der Waals surface area contributed by atoms with E-state index in [1.807, 2.05) is 12.1 Å². The molecule has 0 aromatic heterocycles. The molecule has 0 bridgehead atoms. The van der Waals surface area contributed by atoms with Crippen molar-refractivity contribution in [2.75, 3.05) is 4.72 Å². The van der Waals surface area contributed by atoms with Gasteiger partial charge in [-0.2, -0.15) is 0 Å². The highest BCUT2D eigenvalue weighted by Crippen LogP contribution is 2.33. The lowest BCUT2D eigenvalue weighted by atomic mass is 9.84. The van der Waals surface area contributed by atoms with Crippen molar-refractivity contribution in [1.82, 2.24) is 0 Å². The van der Waals surface area contributed by atoms with Gasteiger partial charge in [0, 0.05) is 10.0 Å². The molecule has 2 aromatic carbocycles. The van der Waals surface area contributed by atoms with Gasteiger partial charge in [0.05, 0.1) is 10.6 Å². The summed E-state index contributed by atoms with van der Waals surface area (Å²) in [6.45, 7) is 0. The van der Waals surface area contributed by atoms with Crippen molar-refractivity contribution >= 4 is 38.9 Å². The molecule has 24 heavy (non-hydrogen) atoms. The number of benzene rings is 2. The number of anilines is 1. The van der Waals surface area contributed by atoms with Crippen LogP contribution in [-0.2, 0) is 10.0 Å². The van der Waals surface area contributed by atoms with Crippen LogP contribution in [0.3, 0.4) is 0 Å². The minimum Gasteiger partial charge on any atom is -0.280 e. The highest BCUT2D eigenvalue weighted by molar-refractivity contribution is 7.92. The predicted octanol–water partition coefficient (Wildman–Crippen LogP) is 5.84. The summed E-state index contributed by atoms with van der Waals surface area (Å²) in [5.41, 5.74) is 1.57. The summed E-state index contributed by atoms with van der Waals surface area (Å²) in [4.78, 5) is 0.234. The van der Waals surface area contributed by atoms with Crippen molar-refractivity contribution in [2.45, 2.75) is 42.9 Å². The lowest BCUT2D eigenvalue weighted by Crippen LogP contribution is -2.13. The van der Waals surface area contributed by atoms with E-state index in [9.17, 15) is 8.42 Å². The second-order valence-electron chi connectivity index (χ2n) is 6.17. The maximum Gasteiger partial charge on any atom is 0.261 e. The summed E-state index contributed by atoms with van der Waals surface area (Å²) < 4.78 is 27.5. The summed E-state index contributed by atoms with van der Waals surface area (Å²) in [6, 6.07) is 11.8. The fraction of sp³-hybridized carbons (Fsp3) is 0.333. The normalized spacial score (nSPS) is 16.1. The van der Waals surface area contributed by atoms with Crippen LogP contribution in [0.4, 0.5) is 5.69 Å². The Morgan fingerprint density at radius 1 is 0.875 bits per heavy atom. The predicted molar refractivity (Wildman–Crippen MR) is 99.5 cm³/mol. The van der Waals surface area contributed by atoms with E-state index in [0.717, 1.165) is 0 Å². The van der Waals surface area contributed by atoms with Crippen molar-refractivity contribution in [3.8, 4) is 0 Å². The van der Waals surface area contributed by atoms with Gasteiger partial charge in [0.25, 0.3) is 10.0 Å². The fourth-order valence-electron chi connectivity index (χ4n) is 3.18. The van der Waals surface area contributed by atoms with Gasteiger partial charge in [0.2, 0.25) is 0 Å². The summed E-state index contributed by atoms with van der Waals surface area (Å²) in [5.74, 6) is 0.551. The van der Waals surface area contributed by atoms with Crippen molar-refractivity contribution < 1.29 is 8.42 Å². The molecule has 1 N–H and O–H groups in total. The largest absolute Gasteiger partial charge is 0.280 e. The Balaban J connectivity index is 1.79. The van der Waals surface area contributed by atoms with E-state index < -0.39 is 10.0 Å². The highest BCUT2D eigenvalue weighted by atomic mass is 35.5. The van der Waals surface area contributed by atoms with Gasteiger partial charge in [0.1, 0.15) is 0 Å². The van der Waals surface area contributed by atoms with Gasteiger partial charge in [-0.25, -0.2) is 8.42 Å². The van der Waals surface area contributed by atoms with Gasteiger partial charge < -0.3 is 0 Å². The molecule has 0 aliphatic heterocycles. The minimum atomic E-state index is -3.66. The van der Waals surface area contributed by atoms with Gasteiger partial charge in [-0.05, 0) is 54.7 Å². The molecule has 2 aromatic rings. The molecule has 0 saturated heterocycles. The Morgan fingerprint density at radius 2 is 1.46 bits per heavy atom. The third-order valence-electron chi connectivity index (χ3n) is 4.38. The molecule has 0 atom stereocenters. The Morgan fingerprint density at radius 3 is 2.04 bits per heavy atom. The van der Waals surface area contributed by atoms with Gasteiger partial charge in [-0.1, -0.05) is 54.6 Å². The lowest BCUT2D eigenvalue weighted by molar-refractivity contribution is 0.443. The van der Waals surface area contributed by atoms with Crippen LogP contribution in [0.25, 0.3) is 0 Å². The molecule has 0 radical (unpaired) electrons. The first-order valence-corrected chi connectivity index (χ1v) is 10.3. The average molecular weight is 384 g/mol. The van der Waals surface area contributed by atoms with E-state index >= 15 is 0 Å².